The van der Waals surface area contributed by atoms with Crippen LogP contribution in [0.3, 0.4) is 0 Å². The van der Waals surface area contributed by atoms with E-state index in [1.807, 2.05) is 6.07 Å². The maximum atomic E-state index is 10.5. The molecule has 0 aromatic heterocycles. The maximum Gasteiger partial charge on any atom is 0.0793 e. The van der Waals surface area contributed by atoms with Gasteiger partial charge in [-0.25, -0.2) is 0 Å². The van der Waals surface area contributed by atoms with Crippen LogP contribution in [0.25, 0.3) is 0 Å². The van der Waals surface area contributed by atoms with Crippen LogP contribution in [0.5, 0.6) is 0 Å². The lowest BCUT2D eigenvalue weighted by Crippen LogP contribution is -2.51. The molecule has 4 nitrogen and oxygen atoms in total. The Morgan fingerprint density at radius 2 is 1.92 bits per heavy atom. The van der Waals surface area contributed by atoms with Gasteiger partial charge in [0.2, 0.25) is 0 Å². The van der Waals surface area contributed by atoms with E-state index in [0.717, 1.165) is 19.6 Å². The lowest BCUT2D eigenvalue weighted by atomic mass is 9.92. The van der Waals surface area contributed by atoms with Gasteiger partial charge in [0, 0.05) is 32.2 Å². The van der Waals surface area contributed by atoms with E-state index in [-0.39, 0.29) is 6.10 Å². The van der Waals surface area contributed by atoms with Crippen molar-refractivity contribution in [1.29, 1.82) is 0 Å². The van der Waals surface area contributed by atoms with E-state index in [9.17, 15) is 5.11 Å². The number of nitrogens with zero attached hydrogens (tertiary/aromatic N) is 3. The SMILES string of the molecule is CCN1CCC(N(C)CC(O)CN(C)Cc2ccccc2)C(C)C1. The molecule has 3 atom stereocenters. The Morgan fingerprint density at radius 1 is 1.21 bits per heavy atom. The molecule has 4 heteroatoms. The number of benzene rings is 1. The molecule has 24 heavy (non-hydrogen) atoms. The summed E-state index contributed by atoms with van der Waals surface area (Å²) < 4.78 is 0. The van der Waals surface area contributed by atoms with Gasteiger partial charge in [-0.2, -0.15) is 0 Å². The molecule has 0 radical (unpaired) electrons. The molecule has 0 bridgehead atoms. The molecule has 0 spiro atoms. The van der Waals surface area contributed by atoms with E-state index in [4.69, 9.17) is 0 Å². The first-order chi connectivity index (χ1) is 11.5. The van der Waals surface area contributed by atoms with Crippen LogP contribution in [0.1, 0.15) is 25.8 Å². The van der Waals surface area contributed by atoms with Gasteiger partial charge in [-0.15, -0.1) is 0 Å². The summed E-state index contributed by atoms with van der Waals surface area (Å²) in [5.41, 5.74) is 1.29. The molecule has 136 valence electrons. The van der Waals surface area contributed by atoms with Gasteiger partial charge in [0.15, 0.2) is 0 Å². The zero-order chi connectivity index (χ0) is 17.5. The van der Waals surface area contributed by atoms with Crippen LogP contribution < -0.4 is 0 Å². The number of likely N-dealkylation sites (N-methyl/N-ethyl adjacent to an activating group) is 2. The van der Waals surface area contributed by atoms with Crippen LogP contribution in [0, 0.1) is 5.92 Å². The molecule has 0 amide bonds. The number of hydrogen-bond acceptors (Lipinski definition) is 4. The molecule has 1 heterocycles. The summed E-state index contributed by atoms with van der Waals surface area (Å²) in [5.74, 6) is 0.665. The average Bonchev–Trinajstić information content (AvgIpc) is 2.55. The standard InChI is InChI=1S/C20H35N3O/c1-5-23-12-11-20(17(2)13-23)22(4)16-19(24)15-21(3)14-18-9-7-6-8-10-18/h6-10,17,19-20,24H,5,11-16H2,1-4H3. The van der Waals surface area contributed by atoms with Crippen molar-refractivity contribution in [3.05, 3.63) is 35.9 Å². The molecule has 3 unspecified atom stereocenters. The highest BCUT2D eigenvalue weighted by atomic mass is 16.3. The fourth-order valence-electron chi connectivity index (χ4n) is 4.01. The third kappa shape index (κ3) is 5.85. The Balaban J connectivity index is 1.76. The molecule has 1 fully saturated rings. The number of aliphatic hydroxyl groups is 1. The van der Waals surface area contributed by atoms with Gasteiger partial charge in [-0.1, -0.05) is 44.2 Å². The zero-order valence-corrected chi connectivity index (χ0v) is 15.9. The minimum absolute atomic E-state index is 0.305. The summed E-state index contributed by atoms with van der Waals surface area (Å²) in [5, 5.41) is 10.5. The first-order valence-electron chi connectivity index (χ1n) is 9.32. The molecule has 2 rings (SSSR count). The first kappa shape index (κ1) is 19.4. The number of piperidine rings is 1. The molecule has 1 aromatic carbocycles. The van der Waals surface area contributed by atoms with E-state index in [1.165, 1.54) is 25.1 Å². The van der Waals surface area contributed by atoms with E-state index in [1.54, 1.807) is 0 Å². The average molecular weight is 334 g/mol. The summed E-state index contributed by atoms with van der Waals surface area (Å²) in [4.78, 5) is 7.11. The fraction of sp³-hybridized carbons (Fsp3) is 0.700. The summed E-state index contributed by atoms with van der Waals surface area (Å²) in [6.07, 6.45) is 0.901. The third-order valence-electron chi connectivity index (χ3n) is 5.27. The molecule has 1 saturated heterocycles. The summed E-state index contributed by atoms with van der Waals surface area (Å²) in [7, 11) is 4.25. The van der Waals surface area contributed by atoms with Crippen molar-refractivity contribution in [3.63, 3.8) is 0 Å². The third-order valence-corrected chi connectivity index (χ3v) is 5.27. The normalized spacial score (nSPS) is 23.8. The highest BCUT2D eigenvalue weighted by Gasteiger charge is 2.29. The Kier molecular flexibility index (Phi) is 7.69. The number of hydrogen-bond donors (Lipinski definition) is 1. The molecule has 0 aliphatic carbocycles. The minimum atomic E-state index is -0.305. The lowest BCUT2D eigenvalue weighted by molar-refractivity contribution is 0.0350. The topological polar surface area (TPSA) is 30.0 Å². The van der Waals surface area contributed by atoms with Crippen molar-refractivity contribution in [1.82, 2.24) is 14.7 Å². The summed E-state index contributed by atoms with van der Waals surface area (Å²) >= 11 is 0. The van der Waals surface area contributed by atoms with Gasteiger partial charge in [-0.05, 0) is 45.1 Å². The smallest absolute Gasteiger partial charge is 0.0793 e. The molecular formula is C20H35N3O. The van der Waals surface area contributed by atoms with Gasteiger partial charge < -0.3 is 14.9 Å². The molecule has 1 N–H and O–H groups in total. The number of rotatable bonds is 8. The monoisotopic (exact) mass is 333 g/mol. The predicted octanol–water partition coefficient (Wildman–Crippen LogP) is 2.14. The second kappa shape index (κ2) is 9.52. The summed E-state index contributed by atoms with van der Waals surface area (Å²) in [6, 6.07) is 11.0. The van der Waals surface area contributed by atoms with E-state index in [2.05, 4.69) is 66.9 Å². The van der Waals surface area contributed by atoms with Crippen LogP contribution >= 0.6 is 0 Å². The van der Waals surface area contributed by atoms with E-state index < -0.39 is 0 Å². The van der Waals surface area contributed by atoms with Crippen molar-refractivity contribution in [2.24, 2.45) is 5.92 Å². The first-order valence-corrected chi connectivity index (χ1v) is 9.32. The predicted molar refractivity (Wildman–Crippen MR) is 101 cm³/mol. The maximum absolute atomic E-state index is 10.5. The van der Waals surface area contributed by atoms with Crippen LogP contribution in [0.15, 0.2) is 30.3 Å². The van der Waals surface area contributed by atoms with Gasteiger partial charge in [-0.3, -0.25) is 4.90 Å². The number of aliphatic hydroxyl groups excluding tert-OH is 1. The van der Waals surface area contributed by atoms with E-state index >= 15 is 0 Å². The minimum Gasteiger partial charge on any atom is -0.390 e. The van der Waals surface area contributed by atoms with Crippen molar-refractivity contribution >= 4 is 0 Å². The van der Waals surface area contributed by atoms with Crippen molar-refractivity contribution in [3.8, 4) is 0 Å². The van der Waals surface area contributed by atoms with Crippen LogP contribution in [0.2, 0.25) is 0 Å². The second-order valence-electron chi connectivity index (χ2n) is 7.50. The molecule has 1 aromatic rings. The Bertz CT molecular complexity index is 467. The molecule has 1 aliphatic rings. The van der Waals surface area contributed by atoms with Crippen molar-refractivity contribution in [2.75, 3.05) is 46.8 Å². The molecular weight excluding hydrogens is 298 g/mol. The summed E-state index contributed by atoms with van der Waals surface area (Å²) in [6.45, 7) is 10.4. The zero-order valence-electron chi connectivity index (χ0n) is 15.9. The molecule has 1 aliphatic heterocycles. The highest BCUT2D eigenvalue weighted by Crippen LogP contribution is 2.21. The number of likely N-dealkylation sites (tertiary alicyclic amines) is 1. The quantitative estimate of drug-likeness (QED) is 0.789. The van der Waals surface area contributed by atoms with Crippen LogP contribution in [-0.4, -0.2) is 78.8 Å². The van der Waals surface area contributed by atoms with E-state index in [0.29, 0.717) is 18.5 Å². The Labute approximate surface area is 148 Å². The largest absolute Gasteiger partial charge is 0.390 e. The van der Waals surface area contributed by atoms with Gasteiger partial charge in [0.05, 0.1) is 6.10 Å². The fourth-order valence-corrected chi connectivity index (χ4v) is 4.01. The van der Waals surface area contributed by atoms with Crippen molar-refractivity contribution < 1.29 is 5.11 Å². The highest BCUT2D eigenvalue weighted by molar-refractivity contribution is 5.14. The van der Waals surface area contributed by atoms with Crippen molar-refractivity contribution in [2.45, 2.75) is 39.0 Å². The van der Waals surface area contributed by atoms with Gasteiger partial charge in [0.1, 0.15) is 0 Å². The Morgan fingerprint density at radius 3 is 2.54 bits per heavy atom. The lowest BCUT2D eigenvalue weighted by Gasteiger charge is -2.41. The van der Waals surface area contributed by atoms with Gasteiger partial charge >= 0.3 is 0 Å². The van der Waals surface area contributed by atoms with Crippen LogP contribution in [0.4, 0.5) is 0 Å². The second-order valence-corrected chi connectivity index (χ2v) is 7.50. The Hall–Kier alpha value is -0.940. The van der Waals surface area contributed by atoms with Crippen LogP contribution in [-0.2, 0) is 6.54 Å². The molecule has 0 saturated carbocycles. The van der Waals surface area contributed by atoms with Gasteiger partial charge in [0.25, 0.3) is 0 Å².